The minimum absolute atomic E-state index is 0.157. The first kappa shape index (κ1) is 9.44. The number of nitrogens with one attached hydrogen (secondary N) is 1. The van der Waals surface area contributed by atoms with E-state index in [9.17, 15) is 4.79 Å². The second kappa shape index (κ2) is 3.84. The van der Waals surface area contributed by atoms with E-state index in [4.69, 9.17) is 0 Å². The average molecular weight is 180 g/mol. The molecule has 2 rings (SSSR count). The van der Waals surface area contributed by atoms with Crippen molar-refractivity contribution in [2.45, 2.75) is 13.8 Å². The second-order valence-electron chi connectivity index (χ2n) is 2.23. The SMILES string of the molecule is CC.Cn1ncc2nc[nH]c(=O)c21. The summed E-state index contributed by atoms with van der Waals surface area (Å²) in [5.74, 6) is 0. The van der Waals surface area contributed by atoms with Crippen molar-refractivity contribution < 1.29 is 0 Å². The van der Waals surface area contributed by atoms with E-state index in [-0.39, 0.29) is 5.56 Å². The van der Waals surface area contributed by atoms with Gasteiger partial charge in [-0.2, -0.15) is 5.10 Å². The molecular weight excluding hydrogens is 168 g/mol. The summed E-state index contributed by atoms with van der Waals surface area (Å²) in [5.41, 5.74) is 0.971. The van der Waals surface area contributed by atoms with E-state index in [2.05, 4.69) is 15.1 Å². The predicted octanol–water partition coefficient (Wildman–Crippen LogP) is 0.683. The molecule has 2 heterocycles. The number of aromatic amines is 1. The topological polar surface area (TPSA) is 63.6 Å². The largest absolute Gasteiger partial charge is 0.311 e. The van der Waals surface area contributed by atoms with Crippen LogP contribution in [-0.2, 0) is 7.05 Å². The molecule has 0 bridgehead atoms. The van der Waals surface area contributed by atoms with E-state index in [1.54, 1.807) is 13.2 Å². The predicted molar refractivity (Wildman–Crippen MR) is 50.5 cm³/mol. The van der Waals surface area contributed by atoms with Crippen molar-refractivity contribution in [2.75, 3.05) is 0 Å². The fourth-order valence-corrected chi connectivity index (χ4v) is 1.01. The van der Waals surface area contributed by atoms with Gasteiger partial charge in [0.2, 0.25) is 0 Å². The standard InChI is InChI=1S/C6H6N4O.C2H6/c1-10-5-4(2-9-10)7-3-8-6(5)11;1-2/h2-3H,1H3,(H,7,8,11);1-2H3. The summed E-state index contributed by atoms with van der Waals surface area (Å²) in [5, 5.41) is 3.89. The molecule has 0 aliphatic carbocycles. The highest BCUT2D eigenvalue weighted by Gasteiger charge is 2.02. The summed E-state index contributed by atoms with van der Waals surface area (Å²) in [7, 11) is 1.71. The maximum atomic E-state index is 11.1. The van der Waals surface area contributed by atoms with Crippen LogP contribution in [0.15, 0.2) is 17.3 Å². The van der Waals surface area contributed by atoms with Crippen LogP contribution in [0.4, 0.5) is 0 Å². The Hall–Kier alpha value is -1.65. The Labute approximate surface area is 75.4 Å². The molecule has 0 saturated heterocycles. The Morgan fingerprint density at radius 1 is 1.46 bits per heavy atom. The fourth-order valence-electron chi connectivity index (χ4n) is 1.01. The third-order valence-electron chi connectivity index (χ3n) is 1.53. The van der Waals surface area contributed by atoms with Crippen molar-refractivity contribution in [3.05, 3.63) is 22.9 Å². The molecule has 0 atom stereocenters. The van der Waals surface area contributed by atoms with Crippen LogP contribution in [-0.4, -0.2) is 19.7 Å². The van der Waals surface area contributed by atoms with E-state index in [0.717, 1.165) is 0 Å². The summed E-state index contributed by atoms with van der Waals surface area (Å²) >= 11 is 0. The van der Waals surface area contributed by atoms with Gasteiger partial charge < -0.3 is 4.98 Å². The molecule has 0 aliphatic heterocycles. The van der Waals surface area contributed by atoms with Crippen LogP contribution in [0, 0.1) is 0 Å². The minimum Gasteiger partial charge on any atom is -0.311 e. The van der Waals surface area contributed by atoms with Crippen LogP contribution in [0.25, 0.3) is 11.0 Å². The van der Waals surface area contributed by atoms with Gasteiger partial charge in [0.15, 0.2) is 5.52 Å². The number of hydrogen-bond acceptors (Lipinski definition) is 3. The molecule has 1 N–H and O–H groups in total. The molecule has 0 fully saturated rings. The number of aromatic nitrogens is 4. The van der Waals surface area contributed by atoms with E-state index in [0.29, 0.717) is 11.0 Å². The molecule has 5 nitrogen and oxygen atoms in total. The Morgan fingerprint density at radius 3 is 2.77 bits per heavy atom. The van der Waals surface area contributed by atoms with Gasteiger partial charge in [-0.05, 0) is 0 Å². The highest BCUT2D eigenvalue weighted by Crippen LogP contribution is 2.00. The van der Waals surface area contributed by atoms with Gasteiger partial charge in [-0.25, -0.2) is 4.98 Å². The third-order valence-corrected chi connectivity index (χ3v) is 1.53. The number of rotatable bonds is 0. The summed E-state index contributed by atoms with van der Waals surface area (Å²) < 4.78 is 1.50. The van der Waals surface area contributed by atoms with Gasteiger partial charge in [0, 0.05) is 7.05 Å². The normalized spacial score (nSPS) is 9.46. The molecule has 0 amide bonds. The lowest BCUT2D eigenvalue weighted by molar-refractivity contribution is 0.792. The summed E-state index contributed by atoms with van der Waals surface area (Å²) in [6.07, 6.45) is 2.93. The monoisotopic (exact) mass is 180 g/mol. The first-order valence-electron chi connectivity index (χ1n) is 4.14. The maximum absolute atomic E-state index is 11.1. The van der Waals surface area contributed by atoms with E-state index >= 15 is 0 Å². The molecule has 13 heavy (non-hydrogen) atoms. The maximum Gasteiger partial charge on any atom is 0.276 e. The van der Waals surface area contributed by atoms with Crippen molar-refractivity contribution >= 4 is 11.0 Å². The summed E-state index contributed by atoms with van der Waals surface area (Å²) in [4.78, 5) is 17.5. The third kappa shape index (κ3) is 1.58. The van der Waals surface area contributed by atoms with Gasteiger partial charge in [0.25, 0.3) is 5.56 Å². The van der Waals surface area contributed by atoms with Gasteiger partial charge in [0.1, 0.15) is 5.52 Å². The number of hydrogen-bond donors (Lipinski definition) is 1. The van der Waals surface area contributed by atoms with Crippen molar-refractivity contribution in [2.24, 2.45) is 7.05 Å². The summed E-state index contributed by atoms with van der Waals surface area (Å²) in [6, 6.07) is 0. The number of aryl methyl sites for hydroxylation is 1. The van der Waals surface area contributed by atoms with Crippen LogP contribution >= 0.6 is 0 Å². The number of H-pyrrole nitrogens is 1. The number of nitrogens with zero attached hydrogens (tertiary/aromatic N) is 3. The van der Waals surface area contributed by atoms with Gasteiger partial charge in [-0.15, -0.1) is 0 Å². The smallest absolute Gasteiger partial charge is 0.276 e. The van der Waals surface area contributed by atoms with Gasteiger partial charge in [-0.3, -0.25) is 9.48 Å². The van der Waals surface area contributed by atoms with E-state index in [1.807, 2.05) is 13.8 Å². The van der Waals surface area contributed by atoms with Gasteiger partial charge in [-0.1, -0.05) is 13.8 Å². The lowest BCUT2D eigenvalue weighted by Gasteiger charge is -1.89. The second-order valence-corrected chi connectivity index (χ2v) is 2.23. The number of fused-ring (bicyclic) bond motifs is 1. The molecule has 2 aromatic rings. The average Bonchev–Trinajstić information content (AvgIpc) is 2.53. The Bertz CT molecular complexity index is 443. The quantitative estimate of drug-likeness (QED) is 0.648. The molecule has 0 radical (unpaired) electrons. The van der Waals surface area contributed by atoms with Crippen molar-refractivity contribution in [3.63, 3.8) is 0 Å². The molecule has 0 aliphatic rings. The first-order chi connectivity index (χ1) is 6.29. The highest BCUT2D eigenvalue weighted by molar-refractivity contribution is 5.71. The van der Waals surface area contributed by atoms with E-state index in [1.165, 1.54) is 11.0 Å². The van der Waals surface area contributed by atoms with Gasteiger partial charge >= 0.3 is 0 Å². The zero-order valence-electron chi connectivity index (χ0n) is 7.90. The van der Waals surface area contributed by atoms with Crippen molar-refractivity contribution in [1.29, 1.82) is 0 Å². The zero-order valence-corrected chi connectivity index (χ0v) is 7.90. The molecule has 0 unspecified atom stereocenters. The van der Waals surface area contributed by atoms with Crippen LogP contribution < -0.4 is 5.56 Å². The van der Waals surface area contributed by atoms with Gasteiger partial charge in [0.05, 0.1) is 12.5 Å². The molecule has 0 saturated carbocycles. The molecular formula is C8H12N4O. The van der Waals surface area contributed by atoms with Crippen molar-refractivity contribution in [3.8, 4) is 0 Å². The Kier molecular flexibility index (Phi) is 2.79. The molecule has 70 valence electrons. The van der Waals surface area contributed by atoms with Crippen LogP contribution in [0.1, 0.15) is 13.8 Å². The first-order valence-corrected chi connectivity index (χ1v) is 4.14. The van der Waals surface area contributed by atoms with Crippen LogP contribution in [0.3, 0.4) is 0 Å². The van der Waals surface area contributed by atoms with Crippen LogP contribution in [0.2, 0.25) is 0 Å². The summed E-state index contributed by atoms with van der Waals surface area (Å²) in [6.45, 7) is 4.00. The molecule has 0 aromatic carbocycles. The zero-order chi connectivity index (χ0) is 9.84. The lowest BCUT2D eigenvalue weighted by Crippen LogP contribution is -2.09. The molecule has 0 spiro atoms. The minimum atomic E-state index is -0.157. The van der Waals surface area contributed by atoms with Crippen LogP contribution in [0.5, 0.6) is 0 Å². The van der Waals surface area contributed by atoms with Crippen molar-refractivity contribution in [1.82, 2.24) is 19.7 Å². The highest BCUT2D eigenvalue weighted by atomic mass is 16.1. The Balaban J connectivity index is 0.000000396. The molecule has 2 aromatic heterocycles. The lowest BCUT2D eigenvalue weighted by atomic mass is 10.5. The molecule has 5 heteroatoms. The fraction of sp³-hybridized carbons (Fsp3) is 0.375. The Morgan fingerprint density at radius 2 is 2.15 bits per heavy atom. The van der Waals surface area contributed by atoms with E-state index < -0.39 is 0 Å².